The third kappa shape index (κ3) is 3.68. The highest BCUT2D eigenvalue weighted by atomic mass is 127. The molecule has 4 nitrogen and oxygen atoms in total. The minimum atomic E-state index is -3.59. The molecule has 0 saturated carbocycles. The zero-order valence-electron chi connectivity index (χ0n) is 12.1. The maximum atomic E-state index is 12.6. The topological polar surface area (TPSA) is 58.2 Å². The molecule has 112 valence electrons. The zero-order valence-corrected chi connectivity index (χ0v) is 15.0. The van der Waals surface area contributed by atoms with E-state index in [4.69, 9.17) is 0 Å². The molecule has 0 aliphatic rings. The average molecular weight is 416 g/mol. The molecule has 2 rings (SSSR count). The van der Waals surface area contributed by atoms with E-state index in [0.717, 1.165) is 20.4 Å². The highest BCUT2D eigenvalue weighted by Crippen LogP contribution is 2.26. The number of anilines is 2. The van der Waals surface area contributed by atoms with Gasteiger partial charge in [0, 0.05) is 22.0 Å². The lowest BCUT2D eigenvalue weighted by atomic mass is 10.1. The minimum Gasteiger partial charge on any atom is -0.388 e. The van der Waals surface area contributed by atoms with Crippen LogP contribution in [-0.4, -0.2) is 15.5 Å². The second kappa shape index (κ2) is 6.23. The second-order valence-corrected chi connectivity index (χ2v) is 7.67. The Morgan fingerprint density at radius 3 is 1.95 bits per heavy atom. The number of nitrogens with one attached hydrogen (secondary N) is 2. The first kappa shape index (κ1) is 16.1. The van der Waals surface area contributed by atoms with E-state index in [1.165, 1.54) is 0 Å². The summed E-state index contributed by atoms with van der Waals surface area (Å²) in [6.07, 6.45) is 0. The largest absolute Gasteiger partial charge is 0.388 e. The number of hydrogen-bond donors (Lipinski definition) is 2. The van der Waals surface area contributed by atoms with Crippen LogP contribution >= 0.6 is 22.6 Å². The van der Waals surface area contributed by atoms with Gasteiger partial charge in [0.25, 0.3) is 10.0 Å². The Morgan fingerprint density at radius 2 is 1.48 bits per heavy atom. The lowest BCUT2D eigenvalue weighted by molar-refractivity contribution is 0.600. The minimum absolute atomic E-state index is 0.333. The summed E-state index contributed by atoms with van der Waals surface area (Å²) in [4.78, 5) is 0.333. The number of hydrogen-bond acceptors (Lipinski definition) is 3. The van der Waals surface area contributed by atoms with Crippen molar-refractivity contribution in [1.82, 2.24) is 0 Å². The van der Waals surface area contributed by atoms with Gasteiger partial charge in [-0.15, -0.1) is 0 Å². The van der Waals surface area contributed by atoms with Crippen LogP contribution < -0.4 is 10.0 Å². The van der Waals surface area contributed by atoms with E-state index in [-0.39, 0.29) is 0 Å². The first-order valence-corrected chi connectivity index (χ1v) is 8.97. The lowest BCUT2D eigenvalue weighted by Crippen LogP contribution is -2.16. The van der Waals surface area contributed by atoms with E-state index in [1.54, 1.807) is 26.0 Å². The van der Waals surface area contributed by atoms with Crippen molar-refractivity contribution in [1.29, 1.82) is 0 Å². The van der Waals surface area contributed by atoms with Crippen LogP contribution in [0.2, 0.25) is 0 Å². The molecule has 0 heterocycles. The van der Waals surface area contributed by atoms with Gasteiger partial charge in [-0.1, -0.05) is 0 Å². The Hall–Kier alpha value is -1.28. The molecule has 0 spiro atoms. The van der Waals surface area contributed by atoms with E-state index in [2.05, 4.69) is 32.6 Å². The summed E-state index contributed by atoms with van der Waals surface area (Å²) in [6, 6.07) is 10.9. The molecule has 0 aliphatic heterocycles. The zero-order chi connectivity index (χ0) is 15.6. The highest BCUT2D eigenvalue weighted by Gasteiger charge is 2.20. The van der Waals surface area contributed by atoms with E-state index < -0.39 is 10.0 Å². The molecule has 2 aromatic rings. The molecule has 0 radical (unpaired) electrons. The van der Waals surface area contributed by atoms with Crippen LogP contribution in [-0.2, 0) is 10.0 Å². The van der Waals surface area contributed by atoms with Gasteiger partial charge in [0.2, 0.25) is 0 Å². The van der Waals surface area contributed by atoms with Crippen molar-refractivity contribution < 1.29 is 8.42 Å². The van der Waals surface area contributed by atoms with Crippen molar-refractivity contribution in [2.45, 2.75) is 18.7 Å². The molecule has 6 heteroatoms. The van der Waals surface area contributed by atoms with Crippen LogP contribution in [0, 0.1) is 17.4 Å². The summed E-state index contributed by atoms with van der Waals surface area (Å²) in [5, 5.41) is 3.03. The molecule has 0 saturated heterocycles. The predicted octanol–water partition coefficient (Wildman–Crippen LogP) is 3.75. The molecule has 0 aliphatic carbocycles. The van der Waals surface area contributed by atoms with Gasteiger partial charge in [-0.05, 0) is 84.0 Å². The van der Waals surface area contributed by atoms with Crippen molar-refractivity contribution in [2.24, 2.45) is 0 Å². The van der Waals surface area contributed by atoms with Gasteiger partial charge >= 0.3 is 0 Å². The molecule has 2 aromatic carbocycles. The van der Waals surface area contributed by atoms with Crippen LogP contribution in [0.5, 0.6) is 0 Å². The summed E-state index contributed by atoms with van der Waals surface area (Å²) in [5.74, 6) is 0. The molecule has 2 N–H and O–H groups in total. The molecule has 21 heavy (non-hydrogen) atoms. The Labute approximate surface area is 139 Å². The van der Waals surface area contributed by atoms with Gasteiger partial charge < -0.3 is 5.32 Å². The Bertz CT molecular complexity index is 733. The molecular weight excluding hydrogens is 399 g/mol. The monoisotopic (exact) mass is 416 g/mol. The highest BCUT2D eigenvalue weighted by molar-refractivity contribution is 14.1. The smallest absolute Gasteiger partial charge is 0.262 e. The van der Waals surface area contributed by atoms with Crippen LogP contribution in [0.4, 0.5) is 11.4 Å². The molecule has 0 unspecified atom stereocenters. The molecule has 0 fully saturated rings. The van der Waals surface area contributed by atoms with Crippen LogP contribution in [0.25, 0.3) is 0 Å². The summed E-state index contributed by atoms with van der Waals surface area (Å²) in [5.41, 5.74) is 2.90. The fourth-order valence-electron chi connectivity index (χ4n) is 2.24. The predicted molar refractivity (Wildman–Crippen MR) is 95.4 cm³/mol. The maximum absolute atomic E-state index is 12.6. The van der Waals surface area contributed by atoms with E-state index in [0.29, 0.717) is 10.6 Å². The fraction of sp³-hybridized carbons (Fsp3) is 0.200. The van der Waals surface area contributed by atoms with Crippen molar-refractivity contribution >= 4 is 44.0 Å². The van der Waals surface area contributed by atoms with Gasteiger partial charge in [-0.3, -0.25) is 4.72 Å². The summed E-state index contributed by atoms with van der Waals surface area (Å²) < 4.78 is 28.9. The quantitative estimate of drug-likeness (QED) is 0.747. The van der Waals surface area contributed by atoms with Gasteiger partial charge in [0.15, 0.2) is 0 Å². The molecule has 0 aromatic heterocycles. The molecular formula is C15H17IN2O2S. The Balaban J connectivity index is 2.42. The maximum Gasteiger partial charge on any atom is 0.262 e. The second-order valence-electron chi connectivity index (χ2n) is 4.80. The Morgan fingerprint density at radius 1 is 0.952 bits per heavy atom. The number of aryl methyl sites for hydroxylation is 2. The van der Waals surface area contributed by atoms with Crippen LogP contribution in [0.3, 0.4) is 0 Å². The van der Waals surface area contributed by atoms with Crippen LogP contribution in [0.15, 0.2) is 41.3 Å². The normalized spacial score (nSPS) is 11.2. The first-order chi connectivity index (χ1) is 9.83. The number of benzene rings is 2. The third-order valence-electron chi connectivity index (χ3n) is 3.11. The summed E-state index contributed by atoms with van der Waals surface area (Å²) in [6.45, 7) is 3.60. The molecule has 0 atom stereocenters. The average Bonchev–Trinajstić information content (AvgIpc) is 2.39. The van der Waals surface area contributed by atoms with E-state index >= 15 is 0 Å². The van der Waals surface area contributed by atoms with Crippen LogP contribution in [0.1, 0.15) is 11.1 Å². The third-order valence-corrected chi connectivity index (χ3v) is 5.52. The van der Waals surface area contributed by atoms with Gasteiger partial charge in [0.1, 0.15) is 0 Å². The van der Waals surface area contributed by atoms with Crippen molar-refractivity contribution in [2.75, 3.05) is 17.1 Å². The Kier molecular flexibility index (Phi) is 4.77. The lowest BCUT2D eigenvalue weighted by Gasteiger charge is -2.14. The van der Waals surface area contributed by atoms with Gasteiger partial charge in [-0.2, -0.15) is 0 Å². The van der Waals surface area contributed by atoms with Crippen molar-refractivity contribution in [3.05, 3.63) is 51.1 Å². The van der Waals surface area contributed by atoms with E-state index in [1.807, 2.05) is 31.3 Å². The number of sulfonamides is 1. The number of rotatable bonds is 4. The fourth-order valence-corrected chi connectivity index (χ4v) is 4.12. The van der Waals surface area contributed by atoms with E-state index in [9.17, 15) is 8.42 Å². The summed E-state index contributed by atoms with van der Waals surface area (Å²) >= 11 is 2.18. The van der Waals surface area contributed by atoms with Gasteiger partial charge in [0.05, 0.1) is 4.90 Å². The number of halogens is 1. The van der Waals surface area contributed by atoms with Gasteiger partial charge in [-0.25, -0.2) is 8.42 Å². The molecule has 0 bridgehead atoms. The standard InChI is InChI=1S/C15H17IN2O2S/c1-10-8-14(17-3)9-11(2)15(10)21(19,20)18-13-6-4-12(16)5-7-13/h4-9,17-18H,1-3H3. The van der Waals surface area contributed by atoms with Crippen molar-refractivity contribution in [3.8, 4) is 0 Å². The molecule has 0 amide bonds. The first-order valence-electron chi connectivity index (χ1n) is 6.41. The SMILES string of the molecule is CNc1cc(C)c(S(=O)(=O)Nc2ccc(I)cc2)c(C)c1. The summed E-state index contributed by atoms with van der Waals surface area (Å²) in [7, 11) is -1.78. The van der Waals surface area contributed by atoms with Crippen molar-refractivity contribution in [3.63, 3.8) is 0 Å².